The molecule has 122 valence electrons. The fourth-order valence-corrected chi connectivity index (χ4v) is 2.45. The molecule has 0 atom stereocenters. The van der Waals surface area contributed by atoms with Gasteiger partial charge in [-0.15, -0.1) is 0 Å². The third-order valence-electron chi connectivity index (χ3n) is 3.66. The second kappa shape index (κ2) is 7.37. The predicted octanol–water partition coefficient (Wildman–Crippen LogP) is 3.94. The van der Waals surface area contributed by atoms with Gasteiger partial charge in [0.25, 0.3) is 5.91 Å². The average Bonchev–Trinajstić information content (AvgIpc) is 2.63. The van der Waals surface area contributed by atoms with Crippen LogP contribution in [0, 0.1) is 17.1 Å². The van der Waals surface area contributed by atoms with Gasteiger partial charge in [-0.3, -0.25) is 4.79 Å². The summed E-state index contributed by atoms with van der Waals surface area (Å²) >= 11 is 0. The van der Waals surface area contributed by atoms with Crippen LogP contribution in [0.25, 0.3) is 0 Å². The molecule has 3 rings (SSSR count). The van der Waals surface area contributed by atoms with Gasteiger partial charge in [-0.1, -0.05) is 30.3 Å². The zero-order valence-corrected chi connectivity index (χ0v) is 13.2. The summed E-state index contributed by atoms with van der Waals surface area (Å²) in [5.41, 5.74) is 2.36. The molecule has 1 N–H and O–H groups in total. The van der Waals surface area contributed by atoms with Crippen LogP contribution in [0.5, 0.6) is 0 Å². The summed E-state index contributed by atoms with van der Waals surface area (Å²) in [5, 5.41) is 11.7. The molecule has 0 bridgehead atoms. The first-order valence-corrected chi connectivity index (χ1v) is 7.65. The van der Waals surface area contributed by atoms with Crippen molar-refractivity contribution >= 4 is 11.7 Å². The number of nitrogens with zero attached hydrogens (tertiary/aromatic N) is 2. The summed E-state index contributed by atoms with van der Waals surface area (Å²) < 4.78 is 13.2. The van der Waals surface area contributed by atoms with Crippen LogP contribution in [0.2, 0.25) is 0 Å². The van der Waals surface area contributed by atoms with Gasteiger partial charge in [0.1, 0.15) is 11.6 Å². The van der Waals surface area contributed by atoms with Gasteiger partial charge in [0.2, 0.25) is 0 Å². The molecule has 0 saturated heterocycles. The first-order chi connectivity index (χ1) is 12.2. The van der Waals surface area contributed by atoms with E-state index in [0.29, 0.717) is 23.4 Å². The number of aromatic nitrogens is 1. The second-order valence-electron chi connectivity index (χ2n) is 5.47. The quantitative estimate of drug-likeness (QED) is 0.787. The van der Waals surface area contributed by atoms with Crippen LogP contribution in [0.1, 0.15) is 27.0 Å². The molecule has 1 aromatic heterocycles. The maximum Gasteiger partial charge on any atom is 0.258 e. The van der Waals surface area contributed by atoms with Crippen LogP contribution in [-0.2, 0) is 6.42 Å². The normalized spacial score (nSPS) is 10.1. The van der Waals surface area contributed by atoms with E-state index >= 15 is 0 Å². The van der Waals surface area contributed by atoms with E-state index in [9.17, 15) is 9.18 Å². The number of anilines is 1. The number of hydrogen-bond acceptors (Lipinski definition) is 3. The molecule has 5 heteroatoms. The molecule has 0 fully saturated rings. The van der Waals surface area contributed by atoms with E-state index < -0.39 is 0 Å². The summed E-state index contributed by atoms with van der Waals surface area (Å²) in [4.78, 5) is 16.5. The first kappa shape index (κ1) is 16.3. The Bertz CT molecular complexity index is 946. The van der Waals surface area contributed by atoms with Crippen molar-refractivity contribution in [2.45, 2.75) is 6.42 Å². The van der Waals surface area contributed by atoms with Crippen molar-refractivity contribution < 1.29 is 9.18 Å². The Labute approximate surface area is 144 Å². The maximum atomic E-state index is 13.2. The maximum absolute atomic E-state index is 13.2. The number of nitriles is 1. The molecule has 0 unspecified atom stereocenters. The van der Waals surface area contributed by atoms with E-state index in [1.807, 2.05) is 18.2 Å². The molecule has 1 amide bonds. The lowest BCUT2D eigenvalue weighted by Gasteiger charge is -2.07. The van der Waals surface area contributed by atoms with Crippen molar-refractivity contribution in [2.24, 2.45) is 0 Å². The van der Waals surface area contributed by atoms with Gasteiger partial charge in [0.15, 0.2) is 0 Å². The zero-order valence-electron chi connectivity index (χ0n) is 13.2. The fourth-order valence-electron chi connectivity index (χ4n) is 2.45. The summed E-state index contributed by atoms with van der Waals surface area (Å²) in [6.07, 6.45) is 2.19. The topological polar surface area (TPSA) is 65.8 Å². The second-order valence-corrected chi connectivity index (χ2v) is 5.47. The van der Waals surface area contributed by atoms with Crippen molar-refractivity contribution in [3.63, 3.8) is 0 Å². The van der Waals surface area contributed by atoms with Crippen molar-refractivity contribution in [1.82, 2.24) is 4.98 Å². The van der Waals surface area contributed by atoms with Gasteiger partial charge >= 0.3 is 0 Å². The molecular formula is C20H14FN3O. The smallest absolute Gasteiger partial charge is 0.258 e. The molecule has 25 heavy (non-hydrogen) atoms. The van der Waals surface area contributed by atoms with Gasteiger partial charge in [-0.2, -0.15) is 5.26 Å². The van der Waals surface area contributed by atoms with Gasteiger partial charge in [-0.25, -0.2) is 9.37 Å². The number of nitrogens with one attached hydrogen (secondary N) is 1. The highest BCUT2D eigenvalue weighted by molar-refractivity contribution is 6.05. The minimum atomic E-state index is -0.387. The zero-order chi connectivity index (χ0) is 17.6. The van der Waals surface area contributed by atoms with Crippen molar-refractivity contribution in [3.05, 3.63) is 94.9 Å². The minimum Gasteiger partial charge on any atom is -0.307 e. The third-order valence-corrected chi connectivity index (χ3v) is 3.66. The molecule has 0 aliphatic rings. The number of carbonyl (C=O) groups excluding carboxylic acids is 1. The molecule has 4 nitrogen and oxygen atoms in total. The molecule has 0 spiro atoms. The number of hydrogen-bond donors (Lipinski definition) is 1. The highest BCUT2D eigenvalue weighted by Crippen LogP contribution is 2.14. The largest absolute Gasteiger partial charge is 0.307 e. The van der Waals surface area contributed by atoms with Crippen LogP contribution < -0.4 is 5.32 Å². The predicted molar refractivity (Wildman–Crippen MR) is 92.6 cm³/mol. The van der Waals surface area contributed by atoms with Crippen LogP contribution in [-0.4, -0.2) is 10.9 Å². The van der Waals surface area contributed by atoms with Crippen molar-refractivity contribution in [3.8, 4) is 6.07 Å². The average molecular weight is 331 g/mol. The lowest BCUT2D eigenvalue weighted by Crippen LogP contribution is -2.14. The van der Waals surface area contributed by atoms with E-state index in [1.165, 1.54) is 12.1 Å². The monoisotopic (exact) mass is 331 g/mol. The number of rotatable bonds is 4. The van der Waals surface area contributed by atoms with Crippen molar-refractivity contribution in [1.29, 1.82) is 5.26 Å². The summed E-state index contributed by atoms with van der Waals surface area (Å²) in [7, 11) is 0. The Balaban J connectivity index is 1.70. The van der Waals surface area contributed by atoms with Gasteiger partial charge in [-0.05, 0) is 47.9 Å². The van der Waals surface area contributed by atoms with E-state index in [1.54, 1.807) is 42.6 Å². The highest BCUT2D eigenvalue weighted by Gasteiger charge is 2.11. The van der Waals surface area contributed by atoms with Gasteiger partial charge in [0.05, 0.1) is 17.2 Å². The Morgan fingerprint density at radius 1 is 1.08 bits per heavy atom. The Kier molecular flexibility index (Phi) is 4.82. The number of carbonyl (C=O) groups is 1. The van der Waals surface area contributed by atoms with E-state index in [4.69, 9.17) is 5.26 Å². The molecule has 1 heterocycles. The van der Waals surface area contributed by atoms with Crippen LogP contribution >= 0.6 is 0 Å². The summed E-state index contributed by atoms with van der Waals surface area (Å²) in [5.74, 6) is -0.270. The highest BCUT2D eigenvalue weighted by atomic mass is 19.1. The number of halogens is 1. The fraction of sp³-hybridized carbons (Fsp3) is 0.0500. The number of benzene rings is 2. The van der Waals surface area contributed by atoms with E-state index in [-0.39, 0.29) is 11.7 Å². The molecular weight excluding hydrogens is 317 g/mol. The number of pyridine rings is 1. The molecule has 2 aromatic carbocycles. The molecule has 0 aliphatic heterocycles. The third kappa shape index (κ3) is 4.06. The SMILES string of the molecule is N#Cc1ccccc1C(=O)Nc1ccc(Cc2cccc(F)c2)cn1. The molecule has 0 saturated carbocycles. The summed E-state index contributed by atoms with van der Waals surface area (Å²) in [6.45, 7) is 0. The lowest BCUT2D eigenvalue weighted by molar-refractivity contribution is 0.102. The lowest BCUT2D eigenvalue weighted by atomic mass is 10.1. The van der Waals surface area contributed by atoms with Crippen LogP contribution in [0.3, 0.4) is 0 Å². The van der Waals surface area contributed by atoms with Gasteiger partial charge < -0.3 is 5.32 Å². The standard InChI is InChI=1S/C20H14FN3O/c21-17-6-3-4-14(11-17)10-15-8-9-19(23-13-15)24-20(25)18-7-2-1-5-16(18)12-22/h1-9,11,13H,10H2,(H,23,24,25). The van der Waals surface area contributed by atoms with E-state index in [2.05, 4.69) is 10.3 Å². The Morgan fingerprint density at radius 2 is 1.92 bits per heavy atom. The number of amides is 1. The molecule has 0 radical (unpaired) electrons. The van der Waals surface area contributed by atoms with E-state index in [0.717, 1.165) is 11.1 Å². The van der Waals surface area contributed by atoms with Crippen LogP contribution in [0.4, 0.5) is 10.2 Å². The Morgan fingerprint density at radius 3 is 2.64 bits per heavy atom. The first-order valence-electron chi connectivity index (χ1n) is 7.65. The summed E-state index contributed by atoms with van der Waals surface area (Å²) in [6, 6.07) is 18.5. The van der Waals surface area contributed by atoms with Crippen LogP contribution in [0.15, 0.2) is 66.9 Å². The Hall–Kier alpha value is -3.52. The van der Waals surface area contributed by atoms with Crippen molar-refractivity contribution in [2.75, 3.05) is 5.32 Å². The van der Waals surface area contributed by atoms with Gasteiger partial charge in [0, 0.05) is 6.20 Å². The molecule has 3 aromatic rings. The molecule has 0 aliphatic carbocycles. The minimum absolute atomic E-state index is 0.273.